The highest BCUT2D eigenvalue weighted by atomic mass is 16.5. The third kappa shape index (κ3) is 6.04. The van der Waals surface area contributed by atoms with Crippen molar-refractivity contribution in [3.63, 3.8) is 0 Å². The van der Waals surface area contributed by atoms with Crippen LogP contribution in [0.4, 0.5) is 5.69 Å². The van der Waals surface area contributed by atoms with Crippen molar-refractivity contribution in [2.24, 2.45) is 0 Å². The Labute approximate surface area is 119 Å². The van der Waals surface area contributed by atoms with Gasteiger partial charge in [-0.15, -0.1) is 0 Å². The highest BCUT2D eigenvalue weighted by molar-refractivity contribution is 5.70. The van der Waals surface area contributed by atoms with Crippen LogP contribution < -0.4 is 5.32 Å². The minimum atomic E-state index is -0.760. The highest BCUT2D eigenvalue weighted by Crippen LogP contribution is 2.15. The van der Waals surface area contributed by atoms with Gasteiger partial charge in [-0.05, 0) is 25.0 Å². The zero-order chi connectivity index (χ0) is 14.8. The van der Waals surface area contributed by atoms with Crippen LogP contribution >= 0.6 is 0 Å². The molecule has 0 saturated heterocycles. The van der Waals surface area contributed by atoms with E-state index in [9.17, 15) is 9.90 Å². The molecule has 5 nitrogen and oxygen atoms in total. The van der Waals surface area contributed by atoms with E-state index in [1.807, 2.05) is 24.3 Å². The van der Waals surface area contributed by atoms with E-state index in [-0.39, 0.29) is 12.4 Å². The molecule has 0 aromatic heterocycles. The molecule has 1 rings (SSSR count). The first-order valence-electron chi connectivity index (χ1n) is 6.81. The number of ether oxygens (including phenoxy) is 2. The largest absolute Gasteiger partial charge is 0.466 e. The van der Waals surface area contributed by atoms with Gasteiger partial charge in [-0.3, -0.25) is 4.79 Å². The molecule has 112 valence electrons. The van der Waals surface area contributed by atoms with Crippen LogP contribution in [0, 0.1) is 0 Å². The van der Waals surface area contributed by atoms with Gasteiger partial charge >= 0.3 is 5.97 Å². The topological polar surface area (TPSA) is 67.8 Å². The molecule has 0 amide bonds. The van der Waals surface area contributed by atoms with E-state index >= 15 is 0 Å². The van der Waals surface area contributed by atoms with Crippen molar-refractivity contribution in [3.05, 3.63) is 29.8 Å². The summed E-state index contributed by atoms with van der Waals surface area (Å²) in [6.07, 6.45) is 0.0406. The fraction of sp³-hybridized carbons (Fsp3) is 0.533. The predicted molar refractivity (Wildman–Crippen MR) is 77.8 cm³/mol. The number of rotatable bonds is 9. The number of benzene rings is 1. The number of para-hydroxylation sites is 1. The zero-order valence-electron chi connectivity index (χ0n) is 12.1. The lowest BCUT2D eigenvalue weighted by Gasteiger charge is -2.15. The quantitative estimate of drug-likeness (QED) is 0.673. The molecule has 0 fully saturated rings. The molecule has 1 aromatic carbocycles. The van der Waals surface area contributed by atoms with Crippen LogP contribution in [0.3, 0.4) is 0 Å². The van der Waals surface area contributed by atoms with Gasteiger partial charge < -0.3 is 19.9 Å². The lowest BCUT2D eigenvalue weighted by molar-refractivity contribution is -0.145. The van der Waals surface area contributed by atoms with Crippen molar-refractivity contribution in [3.8, 4) is 0 Å². The first kappa shape index (κ1) is 16.5. The zero-order valence-corrected chi connectivity index (χ0v) is 12.1. The fourth-order valence-corrected chi connectivity index (χ4v) is 1.84. The van der Waals surface area contributed by atoms with Gasteiger partial charge in [0, 0.05) is 19.3 Å². The number of esters is 1. The van der Waals surface area contributed by atoms with Crippen molar-refractivity contribution in [2.45, 2.75) is 25.9 Å². The minimum Gasteiger partial charge on any atom is -0.466 e. The molecule has 20 heavy (non-hydrogen) atoms. The van der Waals surface area contributed by atoms with E-state index in [0.717, 1.165) is 17.7 Å². The van der Waals surface area contributed by atoms with Gasteiger partial charge in [0.05, 0.1) is 25.7 Å². The van der Waals surface area contributed by atoms with Crippen LogP contribution in [0.15, 0.2) is 24.3 Å². The first-order chi connectivity index (χ1) is 9.67. The molecule has 5 heteroatoms. The van der Waals surface area contributed by atoms with Gasteiger partial charge in [0.15, 0.2) is 0 Å². The Morgan fingerprint density at radius 2 is 2.15 bits per heavy atom. The standard InChI is InChI=1S/C15H23NO4/c1-3-20-15(18)10-13(17)11-16-14-7-5-4-6-12(14)8-9-19-2/h4-7,13,16-17H,3,8-11H2,1-2H3. The number of carbonyl (C=O) groups is 1. The summed E-state index contributed by atoms with van der Waals surface area (Å²) in [5, 5.41) is 12.9. The predicted octanol–water partition coefficient (Wildman–Crippen LogP) is 1.60. The molecule has 0 heterocycles. The number of nitrogens with one attached hydrogen (secondary N) is 1. The summed E-state index contributed by atoms with van der Waals surface area (Å²) in [5.41, 5.74) is 2.07. The summed E-state index contributed by atoms with van der Waals surface area (Å²) in [7, 11) is 1.67. The second kappa shape index (κ2) is 9.34. The van der Waals surface area contributed by atoms with Gasteiger partial charge in [-0.2, -0.15) is 0 Å². The second-order valence-electron chi connectivity index (χ2n) is 4.44. The Morgan fingerprint density at radius 1 is 1.40 bits per heavy atom. The van der Waals surface area contributed by atoms with Gasteiger partial charge in [0.2, 0.25) is 0 Å². The maximum absolute atomic E-state index is 11.2. The minimum absolute atomic E-state index is 0.00107. The van der Waals surface area contributed by atoms with Crippen LogP contribution in [0.25, 0.3) is 0 Å². The van der Waals surface area contributed by atoms with E-state index < -0.39 is 6.10 Å². The van der Waals surface area contributed by atoms with E-state index in [1.165, 1.54) is 0 Å². The fourth-order valence-electron chi connectivity index (χ4n) is 1.84. The molecule has 0 saturated carbocycles. The highest BCUT2D eigenvalue weighted by Gasteiger charge is 2.12. The molecule has 0 aliphatic carbocycles. The van der Waals surface area contributed by atoms with Gasteiger partial charge in [-0.25, -0.2) is 0 Å². The number of methoxy groups -OCH3 is 1. The molecular formula is C15H23NO4. The molecule has 0 bridgehead atoms. The Balaban J connectivity index is 2.46. The van der Waals surface area contributed by atoms with Crippen LogP contribution in [0.5, 0.6) is 0 Å². The summed E-state index contributed by atoms with van der Waals surface area (Å²) in [6, 6.07) is 7.85. The Morgan fingerprint density at radius 3 is 2.85 bits per heavy atom. The summed E-state index contributed by atoms with van der Waals surface area (Å²) in [4.78, 5) is 11.2. The van der Waals surface area contributed by atoms with Gasteiger partial charge in [-0.1, -0.05) is 18.2 Å². The van der Waals surface area contributed by atoms with Gasteiger partial charge in [0.25, 0.3) is 0 Å². The number of aliphatic hydroxyl groups excluding tert-OH is 1. The van der Waals surface area contributed by atoms with Crippen molar-refractivity contribution in [2.75, 3.05) is 32.2 Å². The molecule has 0 aliphatic heterocycles. The molecule has 0 spiro atoms. The molecule has 1 aromatic rings. The van der Waals surface area contributed by atoms with Crippen molar-refractivity contribution >= 4 is 11.7 Å². The molecule has 0 radical (unpaired) electrons. The van der Waals surface area contributed by atoms with E-state index in [1.54, 1.807) is 14.0 Å². The third-order valence-corrected chi connectivity index (χ3v) is 2.83. The number of hydrogen-bond acceptors (Lipinski definition) is 5. The van der Waals surface area contributed by atoms with Crippen molar-refractivity contribution in [1.82, 2.24) is 0 Å². The number of carbonyl (C=O) groups excluding carboxylic acids is 1. The van der Waals surface area contributed by atoms with Gasteiger partial charge in [0.1, 0.15) is 0 Å². The number of anilines is 1. The molecular weight excluding hydrogens is 258 g/mol. The monoisotopic (exact) mass is 281 g/mol. The number of aliphatic hydroxyl groups is 1. The average molecular weight is 281 g/mol. The molecule has 1 unspecified atom stereocenters. The lowest BCUT2D eigenvalue weighted by atomic mass is 10.1. The van der Waals surface area contributed by atoms with Crippen LogP contribution in [-0.2, 0) is 20.7 Å². The normalized spacial score (nSPS) is 11.9. The maximum Gasteiger partial charge on any atom is 0.308 e. The molecule has 2 N–H and O–H groups in total. The van der Waals surface area contributed by atoms with E-state index in [2.05, 4.69) is 5.32 Å². The summed E-state index contributed by atoms with van der Waals surface area (Å²) in [6.45, 7) is 3.03. The Bertz CT molecular complexity index is 409. The Hall–Kier alpha value is -1.59. The summed E-state index contributed by atoms with van der Waals surface area (Å²) >= 11 is 0. The SMILES string of the molecule is CCOC(=O)CC(O)CNc1ccccc1CCOC. The third-order valence-electron chi connectivity index (χ3n) is 2.83. The lowest BCUT2D eigenvalue weighted by Crippen LogP contribution is -2.24. The summed E-state index contributed by atoms with van der Waals surface area (Å²) in [5.74, 6) is -0.380. The van der Waals surface area contributed by atoms with Crippen molar-refractivity contribution < 1.29 is 19.4 Å². The summed E-state index contributed by atoms with van der Waals surface area (Å²) < 4.78 is 9.87. The van der Waals surface area contributed by atoms with E-state index in [4.69, 9.17) is 9.47 Å². The van der Waals surface area contributed by atoms with Crippen LogP contribution in [0.1, 0.15) is 18.9 Å². The van der Waals surface area contributed by atoms with Crippen molar-refractivity contribution in [1.29, 1.82) is 0 Å². The average Bonchev–Trinajstić information content (AvgIpc) is 2.44. The molecule has 0 aliphatic rings. The first-order valence-corrected chi connectivity index (χ1v) is 6.81. The number of hydrogen-bond donors (Lipinski definition) is 2. The molecule has 1 atom stereocenters. The van der Waals surface area contributed by atoms with Crippen LogP contribution in [0.2, 0.25) is 0 Å². The van der Waals surface area contributed by atoms with Crippen LogP contribution in [-0.4, -0.2) is 44.0 Å². The maximum atomic E-state index is 11.2. The van der Waals surface area contributed by atoms with E-state index in [0.29, 0.717) is 19.8 Å². The second-order valence-corrected chi connectivity index (χ2v) is 4.44. The smallest absolute Gasteiger partial charge is 0.308 e. The Kier molecular flexibility index (Phi) is 7.69.